The van der Waals surface area contributed by atoms with Gasteiger partial charge in [-0.25, -0.2) is 9.37 Å². The van der Waals surface area contributed by atoms with E-state index in [-0.39, 0.29) is 11.7 Å². The van der Waals surface area contributed by atoms with Crippen LogP contribution in [0.1, 0.15) is 30.1 Å². The predicted molar refractivity (Wildman–Crippen MR) is 107 cm³/mol. The van der Waals surface area contributed by atoms with Crippen molar-refractivity contribution in [2.24, 2.45) is 0 Å². The molecule has 0 saturated carbocycles. The number of H-pyrrole nitrogens is 1. The molecule has 1 saturated heterocycles. The topological polar surface area (TPSA) is 61.9 Å². The number of aromatic nitrogens is 3. The normalized spacial score (nSPS) is 15.4. The average molecular weight is 396 g/mol. The number of benzene rings is 2. The highest BCUT2D eigenvalue weighted by molar-refractivity contribution is 8.00. The lowest BCUT2D eigenvalue weighted by atomic mass is 10.1. The van der Waals surface area contributed by atoms with E-state index in [1.807, 2.05) is 35.2 Å². The van der Waals surface area contributed by atoms with E-state index in [1.54, 1.807) is 18.2 Å². The Hall–Kier alpha value is -2.67. The highest BCUT2D eigenvalue weighted by Crippen LogP contribution is 2.36. The minimum Gasteiger partial charge on any atom is -0.341 e. The van der Waals surface area contributed by atoms with Crippen molar-refractivity contribution < 1.29 is 9.18 Å². The maximum absolute atomic E-state index is 14.0. The summed E-state index contributed by atoms with van der Waals surface area (Å²) in [6, 6.07) is 16.1. The fourth-order valence-electron chi connectivity index (χ4n) is 3.35. The van der Waals surface area contributed by atoms with Crippen LogP contribution >= 0.6 is 11.8 Å². The van der Waals surface area contributed by atoms with Gasteiger partial charge >= 0.3 is 0 Å². The third-order valence-electron chi connectivity index (χ3n) is 4.81. The molecule has 0 unspecified atom stereocenters. The van der Waals surface area contributed by atoms with Crippen molar-refractivity contribution in [1.82, 2.24) is 20.1 Å². The Morgan fingerprint density at radius 2 is 1.75 bits per heavy atom. The number of nitrogens with one attached hydrogen (secondary N) is 1. The van der Waals surface area contributed by atoms with Crippen molar-refractivity contribution in [3.05, 3.63) is 66.0 Å². The van der Waals surface area contributed by atoms with Crippen molar-refractivity contribution in [3.63, 3.8) is 0 Å². The van der Waals surface area contributed by atoms with Gasteiger partial charge in [0, 0.05) is 13.1 Å². The highest BCUT2D eigenvalue weighted by Gasteiger charge is 2.29. The van der Waals surface area contributed by atoms with Crippen LogP contribution in [0, 0.1) is 5.82 Å². The Morgan fingerprint density at radius 3 is 2.50 bits per heavy atom. The molecule has 1 aromatic heterocycles. The zero-order valence-corrected chi connectivity index (χ0v) is 16.2. The van der Waals surface area contributed by atoms with Crippen molar-refractivity contribution in [1.29, 1.82) is 0 Å². The summed E-state index contributed by atoms with van der Waals surface area (Å²) < 4.78 is 14.0. The fourth-order valence-corrected chi connectivity index (χ4v) is 4.34. The van der Waals surface area contributed by atoms with Crippen LogP contribution < -0.4 is 0 Å². The summed E-state index contributed by atoms with van der Waals surface area (Å²) in [6.07, 6.45) is 3.24. The van der Waals surface area contributed by atoms with Crippen LogP contribution in [0.3, 0.4) is 0 Å². The van der Waals surface area contributed by atoms with E-state index in [1.165, 1.54) is 24.2 Å². The molecule has 0 bridgehead atoms. The number of nitrogens with zero attached hydrogens (tertiary/aromatic N) is 3. The molecule has 0 spiro atoms. The Labute approximate surface area is 167 Å². The molecule has 5 nitrogen and oxygen atoms in total. The second-order valence-corrected chi connectivity index (χ2v) is 7.81. The van der Waals surface area contributed by atoms with Gasteiger partial charge < -0.3 is 4.90 Å². The second kappa shape index (κ2) is 8.56. The van der Waals surface area contributed by atoms with Crippen molar-refractivity contribution in [2.75, 3.05) is 13.1 Å². The Kier molecular flexibility index (Phi) is 5.71. The number of hydrogen-bond donors (Lipinski definition) is 1. The molecule has 0 aliphatic carbocycles. The van der Waals surface area contributed by atoms with E-state index in [0.717, 1.165) is 31.5 Å². The van der Waals surface area contributed by atoms with Crippen molar-refractivity contribution in [2.45, 2.75) is 29.7 Å². The Bertz CT molecular complexity index is 940. The summed E-state index contributed by atoms with van der Waals surface area (Å²) in [6.45, 7) is 1.58. The van der Waals surface area contributed by atoms with E-state index in [4.69, 9.17) is 0 Å². The minimum absolute atomic E-state index is 0.0770. The van der Waals surface area contributed by atoms with Gasteiger partial charge in [-0.15, -0.1) is 5.10 Å². The van der Waals surface area contributed by atoms with Gasteiger partial charge in [0.15, 0.2) is 5.82 Å². The molecule has 1 N–H and O–H groups in total. The van der Waals surface area contributed by atoms with Crippen LogP contribution in [0.2, 0.25) is 0 Å². The molecule has 3 aromatic rings. The predicted octanol–water partition coefficient (Wildman–Crippen LogP) is 4.46. The van der Waals surface area contributed by atoms with E-state index in [0.29, 0.717) is 16.5 Å². The zero-order chi connectivity index (χ0) is 19.3. The van der Waals surface area contributed by atoms with E-state index in [9.17, 15) is 9.18 Å². The molecule has 1 aliphatic heterocycles. The van der Waals surface area contributed by atoms with Crippen LogP contribution in [-0.2, 0) is 4.79 Å². The lowest BCUT2D eigenvalue weighted by Crippen LogP contribution is -2.38. The van der Waals surface area contributed by atoms with Gasteiger partial charge in [-0.1, -0.05) is 54.2 Å². The summed E-state index contributed by atoms with van der Waals surface area (Å²) in [7, 11) is 0. The minimum atomic E-state index is -0.427. The molecule has 7 heteroatoms. The Morgan fingerprint density at radius 1 is 1.04 bits per heavy atom. The molecule has 28 heavy (non-hydrogen) atoms. The van der Waals surface area contributed by atoms with Gasteiger partial charge in [-0.05, 0) is 37.0 Å². The van der Waals surface area contributed by atoms with Gasteiger partial charge in [0.25, 0.3) is 0 Å². The number of carbonyl (C=O) groups excluding carboxylic acids is 1. The number of likely N-dealkylation sites (tertiary alicyclic amines) is 1. The quantitative estimate of drug-likeness (QED) is 0.647. The maximum atomic E-state index is 14.0. The van der Waals surface area contributed by atoms with E-state index in [2.05, 4.69) is 15.2 Å². The average Bonchev–Trinajstić information content (AvgIpc) is 3.21. The van der Waals surface area contributed by atoms with E-state index < -0.39 is 5.25 Å². The molecule has 0 radical (unpaired) electrons. The SMILES string of the molecule is O=C([C@H](Sc1n[nH]c(-c2ccccc2F)n1)c1ccccc1)N1CCCCC1. The summed E-state index contributed by atoms with van der Waals surface area (Å²) in [5.74, 6) is 0.0742. The number of rotatable bonds is 5. The van der Waals surface area contributed by atoms with E-state index >= 15 is 0 Å². The number of thioether (sulfide) groups is 1. The fraction of sp³-hybridized carbons (Fsp3) is 0.286. The first-order valence-corrected chi connectivity index (χ1v) is 10.3. The number of piperidine rings is 1. The lowest BCUT2D eigenvalue weighted by Gasteiger charge is -2.30. The van der Waals surface area contributed by atoms with Crippen molar-refractivity contribution >= 4 is 17.7 Å². The number of hydrogen-bond acceptors (Lipinski definition) is 4. The molecular weight excluding hydrogens is 375 g/mol. The molecule has 2 heterocycles. The van der Waals surface area contributed by atoms with Gasteiger partial charge in [0.05, 0.1) is 5.56 Å². The molecule has 1 fully saturated rings. The van der Waals surface area contributed by atoms with Crippen LogP contribution in [0.5, 0.6) is 0 Å². The van der Waals surface area contributed by atoms with Gasteiger partial charge in [0.2, 0.25) is 11.1 Å². The van der Waals surface area contributed by atoms with Crippen molar-refractivity contribution in [3.8, 4) is 11.4 Å². The molecular formula is C21H21FN4OS. The molecule has 1 amide bonds. The van der Waals surface area contributed by atoms with Crippen LogP contribution in [0.15, 0.2) is 59.8 Å². The van der Waals surface area contributed by atoms with Gasteiger partial charge in [-0.3, -0.25) is 9.89 Å². The third kappa shape index (κ3) is 4.09. The lowest BCUT2D eigenvalue weighted by molar-refractivity contribution is -0.131. The first-order chi connectivity index (χ1) is 13.7. The summed E-state index contributed by atoms with van der Waals surface area (Å²) >= 11 is 1.30. The third-order valence-corrected chi connectivity index (χ3v) is 5.91. The summed E-state index contributed by atoms with van der Waals surface area (Å²) in [5, 5.41) is 7.01. The smallest absolute Gasteiger partial charge is 0.240 e. The molecule has 1 aliphatic rings. The number of carbonyl (C=O) groups is 1. The number of aromatic amines is 1. The highest BCUT2D eigenvalue weighted by atomic mass is 32.2. The second-order valence-electron chi connectivity index (χ2n) is 6.74. The summed E-state index contributed by atoms with van der Waals surface area (Å²) in [5.41, 5.74) is 1.28. The summed E-state index contributed by atoms with van der Waals surface area (Å²) in [4.78, 5) is 19.6. The van der Waals surface area contributed by atoms with Gasteiger partial charge in [0.1, 0.15) is 11.1 Å². The Balaban J connectivity index is 1.59. The van der Waals surface area contributed by atoms with Crippen LogP contribution in [-0.4, -0.2) is 39.1 Å². The zero-order valence-electron chi connectivity index (χ0n) is 15.3. The standard InChI is InChI=1S/C21H21FN4OS/c22-17-12-6-5-11-16(17)19-23-21(25-24-19)28-18(15-9-3-1-4-10-15)20(27)26-13-7-2-8-14-26/h1,3-6,9-12,18H,2,7-8,13-14H2,(H,23,24,25)/t18-/m1/s1. The number of amides is 1. The molecule has 144 valence electrons. The monoisotopic (exact) mass is 396 g/mol. The van der Waals surface area contributed by atoms with Crippen LogP contribution in [0.25, 0.3) is 11.4 Å². The maximum Gasteiger partial charge on any atom is 0.240 e. The molecule has 1 atom stereocenters. The number of halogens is 1. The first kappa shape index (κ1) is 18.7. The van der Waals surface area contributed by atoms with Gasteiger partial charge in [-0.2, -0.15) is 0 Å². The largest absolute Gasteiger partial charge is 0.341 e. The molecule has 4 rings (SSSR count). The van der Waals surface area contributed by atoms with Crippen LogP contribution in [0.4, 0.5) is 4.39 Å². The molecule has 2 aromatic carbocycles. The first-order valence-electron chi connectivity index (χ1n) is 9.40.